The van der Waals surface area contributed by atoms with E-state index in [1.165, 1.54) is 18.2 Å². The molecule has 3 rings (SSSR count). The van der Waals surface area contributed by atoms with Gasteiger partial charge in [-0.3, -0.25) is 9.59 Å². The summed E-state index contributed by atoms with van der Waals surface area (Å²) >= 11 is 5.87. The van der Waals surface area contributed by atoms with Crippen molar-refractivity contribution in [3.05, 3.63) is 58.4 Å². The number of halogens is 2. The summed E-state index contributed by atoms with van der Waals surface area (Å²) in [6.07, 6.45) is 1.01. The van der Waals surface area contributed by atoms with Crippen LogP contribution in [0.5, 0.6) is 0 Å². The average Bonchev–Trinajstić information content (AvgIpc) is 2.47. The van der Waals surface area contributed by atoms with Gasteiger partial charge in [0.15, 0.2) is 0 Å². The fourth-order valence-electron chi connectivity index (χ4n) is 2.37. The summed E-state index contributed by atoms with van der Waals surface area (Å²) in [6, 6.07) is 9.21. The van der Waals surface area contributed by atoms with Crippen molar-refractivity contribution >= 4 is 34.8 Å². The Morgan fingerprint density at radius 1 is 1.23 bits per heavy atom. The maximum absolute atomic E-state index is 13.7. The van der Waals surface area contributed by atoms with Crippen LogP contribution in [0.25, 0.3) is 0 Å². The average molecular weight is 319 g/mol. The monoisotopic (exact) mass is 318 g/mol. The van der Waals surface area contributed by atoms with E-state index < -0.39 is 11.7 Å². The van der Waals surface area contributed by atoms with Crippen LogP contribution in [-0.4, -0.2) is 11.8 Å². The molecule has 0 saturated carbocycles. The highest BCUT2D eigenvalue weighted by Crippen LogP contribution is 2.27. The number of hydrogen-bond acceptors (Lipinski definition) is 2. The molecule has 22 heavy (non-hydrogen) atoms. The van der Waals surface area contributed by atoms with E-state index in [-0.39, 0.29) is 16.5 Å². The second-order valence-corrected chi connectivity index (χ2v) is 5.38. The Labute approximate surface area is 131 Å². The molecular formula is C16H12ClFN2O2. The smallest absolute Gasteiger partial charge is 0.260 e. The molecular weight excluding hydrogens is 307 g/mol. The highest BCUT2D eigenvalue weighted by atomic mass is 35.5. The Hall–Kier alpha value is -2.40. The number of fused-ring (bicyclic) bond motifs is 1. The van der Waals surface area contributed by atoms with Crippen molar-refractivity contribution in [2.24, 2.45) is 0 Å². The van der Waals surface area contributed by atoms with Gasteiger partial charge in [-0.15, -0.1) is 0 Å². The molecule has 1 aliphatic heterocycles. The Bertz CT molecular complexity index is 756. The molecule has 0 radical (unpaired) electrons. The number of benzene rings is 2. The van der Waals surface area contributed by atoms with Crippen molar-refractivity contribution in [1.29, 1.82) is 0 Å². The normalized spacial score (nSPS) is 13.3. The van der Waals surface area contributed by atoms with E-state index in [9.17, 15) is 14.0 Å². The molecule has 0 saturated heterocycles. The second-order valence-electron chi connectivity index (χ2n) is 4.97. The maximum Gasteiger partial charge on any atom is 0.260 e. The molecule has 1 aliphatic rings. The highest BCUT2D eigenvalue weighted by molar-refractivity contribution is 6.34. The van der Waals surface area contributed by atoms with E-state index in [1.807, 2.05) is 0 Å². The molecule has 0 aliphatic carbocycles. The largest absolute Gasteiger partial charge is 0.326 e. The standard InChI is InChI=1S/C16H12ClFN2O2/c17-11-2-1-3-12(18)15(11)16(22)19-10-5-6-13-9(8-10)4-7-14(21)20-13/h1-3,5-6,8H,4,7H2,(H,19,22)(H,20,21). The van der Waals surface area contributed by atoms with E-state index in [2.05, 4.69) is 10.6 Å². The highest BCUT2D eigenvalue weighted by Gasteiger charge is 2.18. The zero-order chi connectivity index (χ0) is 15.7. The number of aryl methyl sites for hydroxylation is 1. The second kappa shape index (κ2) is 5.77. The first-order valence-corrected chi connectivity index (χ1v) is 7.10. The molecule has 0 aromatic heterocycles. The molecule has 2 aromatic carbocycles. The molecule has 0 atom stereocenters. The fourth-order valence-corrected chi connectivity index (χ4v) is 2.62. The van der Waals surface area contributed by atoms with E-state index in [1.54, 1.807) is 18.2 Å². The van der Waals surface area contributed by atoms with Gasteiger partial charge >= 0.3 is 0 Å². The molecule has 0 fully saturated rings. The van der Waals surface area contributed by atoms with Crippen molar-refractivity contribution in [3.8, 4) is 0 Å². The predicted molar refractivity (Wildman–Crippen MR) is 82.8 cm³/mol. The van der Waals surface area contributed by atoms with Crippen molar-refractivity contribution in [1.82, 2.24) is 0 Å². The van der Waals surface area contributed by atoms with Gasteiger partial charge in [-0.2, -0.15) is 0 Å². The van der Waals surface area contributed by atoms with Gasteiger partial charge in [-0.25, -0.2) is 4.39 Å². The molecule has 6 heteroatoms. The van der Waals surface area contributed by atoms with Gasteiger partial charge in [0.2, 0.25) is 5.91 Å². The third-order valence-corrected chi connectivity index (χ3v) is 3.76. The van der Waals surface area contributed by atoms with Crippen LogP contribution >= 0.6 is 11.6 Å². The van der Waals surface area contributed by atoms with E-state index >= 15 is 0 Å². The minimum absolute atomic E-state index is 0.0255. The van der Waals surface area contributed by atoms with Gasteiger partial charge in [0, 0.05) is 17.8 Å². The van der Waals surface area contributed by atoms with Gasteiger partial charge in [0.25, 0.3) is 5.91 Å². The zero-order valence-corrected chi connectivity index (χ0v) is 12.2. The van der Waals surface area contributed by atoms with E-state index in [0.717, 1.165) is 11.3 Å². The first-order valence-electron chi connectivity index (χ1n) is 6.73. The lowest BCUT2D eigenvalue weighted by atomic mass is 10.0. The number of nitrogens with one attached hydrogen (secondary N) is 2. The molecule has 2 N–H and O–H groups in total. The van der Waals surface area contributed by atoms with Crippen LogP contribution < -0.4 is 10.6 Å². The predicted octanol–water partition coefficient (Wildman–Crippen LogP) is 3.62. The van der Waals surface area contributed by atoms with Crippen LogP contribution in [0.2, 0.25) is 5.02 Å². The fraction of sp³-hybridized carbons (Fsp3) is 0.125. The third-order valence-electron chi connectivity index (χ3n) is 3.45. The minimum atomic E-state index is -0.671. The van der Waals surface area contributed by atoms with Crippen LogP contribution in [0, 0.1) is 5.82 Å². The number of rotatable bonds is 2. The summed E-state index contributed by atoms with van der Waals surface area (Å²) in [4.78, 5) is 23.5. The Balaban J connectivity index is 1.85. The van der Waals surface area contributed by atoms with Crippen LogP contribution in [0.15, 0.2) is 36.4 Å². The molecule has 0 bridgehead atoms. The first-order chi connectivity index (χ1) is 10.5. The van der Waals surface area contributed by atoms with Crippen LogP contribution in [0.4, 0.5) is 15.8 Å². The first kappa shape index (κ1) is 14.5. The summed E-state index contributed by atoms with van der Waals surface area (Å²) < 4.78 is 13.7. The van der Waals surface area contributed by atoms with Crippen molar-refractivity contribution in [3.63, 3.8) is 0 Å². The molecule has 1 heterocycles. The summed E-state index contributed by atoms with van der Waals surface area (Å²) in [5.41, 5.74) is 2.00. The molecule has 4 nitrogen and oxygen atoms in total. The van der Waals surface area contributed by atoms with Gasteiger partial charge in [0.1, 0.15) is 5.82 Å². The van der Waals surface area contributed by atoms with Gasteiger partial charge in [-0.1, -0.05) is 17.7 Å². The number of carbonyl (C=O) groups is 2. The molecule has 0 unspecified atom stereocenters. The van der Waals surface area contributed by atoms with Crippen molar-refractivity contribution < 1.29 is 14.0 Å². The molecule has 0 spiro atoms. The van der Waals surface area contributed by atoms with Crippen LogP contribution in [0.3, 0.4) is 0 Å². The van der Waals surface area contributed by atoms with E-state index in [0.29, 0.717) is 18.5 Å². The van der Waals surface area contributed by atoms with Gasteiger partial charge < -0.3 is 10.6 Å². The topological polar surface area (TPSA) is 58.2 Å². The maximum atomic E-state index is 13.7. The van der Waals surface area contributed by atoms with Crippen molar-refractivity contribution in [2.75, 3.05) is 10.6 Å². The summed E-state index contributed by atoms with van der Waals surface area (Å²) in [7, 11) is 0. The number of hydrogen-bond donors (Lipinski definition) is 2. The number of carbonyl (C=O) groups excluding carboxylic acids is 2. The molecule has 112 valence electrons. The van der Waals surface area contributed by atoms with Crippen LogP contribution in [0.1, 0.15) is 22.3 Å². The minimum Gasteiger partial charge on any atom is -0.326 e. The lowest BCUT2D eigenvalue weighted by Crippen LogP contribution is -2.19. The van der Waals surface area contributed by atoms with Gasteiger partial charge in [-0.05, 0) is 42.3 Å². The van der Waals surface area contributed by atoms with E-state index in [4.69, 9.17) is 11.6 Å². The summed E-state index contributed by atoms with van der Waals surface area (Å²) in [5.74, 6) is -1.31. The van der Waals surface area contributed by atoms with Crippen molar-refractivity contribution in [2.45, 2.75) is 12.8 Å². The van der Waals surface area contributed by atoms with Gasteiger partial charge in [0.05, 0.1) is 10.6 Å². The Kier molecular flexibility index (Phi) is 3.81. The Morgan fingerprint density at radius 2 is 2.05 bits per heavy atom. The lowest BCUT2D eigenvalue weighted by Gasteiger charge is -2.18. The molecule has 2 amide bonds. The SMILES string of the molecule is O=C1CCc2cc(NC(=O)c3c(F)cccc3Cl)ccc2N1. The number of anilines is 2. The lowest BCUT2D eigenvalue weighted by molar-refractivity contribution is -0.116. The summed E-state index contributed by atoms with van der Waals surface area (Å²) in [6.45, 7) is 0. The third kappa shape index (κ3) is 2.80. The number of amides is 2. The Morgan fingerprint density at radius 3 is 2.82 bits per heavy atom. The molecule has 2 aromatic rings. The quantitative estimate of drug-likeness (QED) is 0.888. The zero-order valence-electron chi connectivity index (χ0n) is 11.5. The van der Waals surface area contributed by atoms with Crippen LogP contribution in [-0.2, 0) is 11.2 Å². The summed E-state index contributed by atoms with van der Waals surface area (Å²) in [5, 5.41) is 5.44.